The van der Waals surface area contributed by atoms with Crippen LogP contribution in [-0.2, 0) is 0 Å². The van der Waals surface area contributed by atoms with E-state index in [0.29, 0.717) is 11.8 Å². The molecular weight excluding hydrogens is 689 g/mol. The molecule has 0 fully saturated rings. The molecule has 0 aliphatic heterocycles. The lowest BCUT2D eigenvalue weighted by atomic mass is 10.0. The predicted molar refractivity (Wildman–Crippen MR) is 227 cm³/mol. The van der Waals surface area contributed by atoms with Crippen molar-refractivity contribution in [3.63, 3.8) is 0 Å². The van der Waals surface area contributed by atoms with E-state index in [9.17, 15) is 0 Å². The summed E-state index contributed by atoms with van der Waals surface area (Å²) in [4.78, 5) is 13.9. The monoisotopic (exact) mass is 722 g/mol. The van der Waals surface area contributed by atoms with Crippen molar-refractivity contribution in [2.24, 2.45) is 0 Å². The topological polar surface area (TPSA) is 58.5 Å². The van der Waals surface area contributed by atoms with Gasteiger partial charge in [-0.3, -0.25) is 0 Å². The van der Waals surface area contributed by atoms with Crippen LogP contribution < -0.4 is 9.80 Å². The Kier molecular flexibility index (Phi) is 8.39. The van der Waals surface area contributed by atoms with Crippen LogP contribution in [0.4, 0.5) is 34.1 Å². The zero-order chi connectivity index (χ0) is 37.3. The SMILES string of the molecule is c1ccc(N(c2ccc(-c3ccc(N(c4ccccc4)c4ccc(-c5nc6ccccc6o5)cc4)cc3)cc2)c2ccc(-c3nc4ccccc4o3)cc2)cc1. The van der Waals surface area contributed by atoms with Gasteiger partial charge in [0.05, 0.1) is 0 Å². The number of oxazole rings is 2. The zero-order valence-electron chi connectivity index (χ0n) is 30.2. The smallest absolute Gasteiger partial charge is 0.227 e. The molecule has 0 unspecified atom stereocenters. The van der Waals surface area contributed by atoms with Crippen molar-refractivity contribution in [1.82, 2.24) is 9.97 Å². The molecule has 0 atom stereocenters. The van der Waals surface area contributed by atoms with Crippen molar-refractivity contribution in [2.75, 3.05) is 9.80 Å². The first-order valence-electron chi connectivity index (χ1n) is 18.6. The number of rotatable bonds is 9. The fraction of sp³-hybridized carbons (Fsp3) is 0. The van der Waals surface area contributed by atoms with Crippen LogP contribution in [-0.4, -0.2) is 9.97 Å². The maximum Gasteiger partial charge on any atom is 0.227 e. The van der Waals surface area contributed by atoms with E-state index in [1.165, 1.54) is 0 Å². The number of para-hydroxylation sites is 6. The third kappa shape index (κ3) is 6.35. The molecule has 6 nitrogen and oxygen atoms in total. The van der Waals surface area contributed by atoms with Crippen LogP contribution in [0, 0.1) is 0 Å². The quantitative estimate of drug-likeness (QED) is 0.148. The van der Waals surface area contributed by atoms with Gasteiger partial charge in [-0.15, -0.1) is 0 Å². The van der Waals surface area contributed by atoms with E-state index >= 15 is 0 Å². The second-order valence-electron chi connectivity index (χ2n) is 13.5. The van der Waals surface area contributed by atoms with Crippen molar-refractivity contribution in [1.29, 1.82) is 0 Å². The average Bonchev–Trinajstić information content (AvgIpc) is 3.91. The van der Waals surface area contributed by atoms with E-state index in [1.54, 1.807) is 0 Å². The van der Waals surface area contributed by atoms with Crippen LogP contribution in [0.3, 0.4) is 0 Å². The van der Waals surface area contributed by atoms with E-state index in [2.05, 4.69) is 165 Å². The summed E-state index contributed by atoms with van der Waals surface area (Å²) in [6.45, 7) is 0. The van der Waals surface area contributed by atoms with Crippen LogP contribution in [0.25, 0.3) is 56.2 Å². The zero-order valence-corrected chi connectivity index (χ0v) is 30.2. The van der Waals surface area contributed by atoms with Crippen LogP contribution >= 0.6 is 0 Å². The number of fused-ring (bicyclic) bond motifs is 2. The van der Waals surface area contributed by atoms with Crippen molar-refractivity contribution in [2.45, 2.75) is 0 Å². The minimum Gasteiger partial charge on any atom is -0.436 e. The Morgan fingerprint density at radius 2 is 0.554 bits per heavy atom. The summed E-state index contributed by atoms with van der Waals surface area (Å²) < 4.78 is 12.1. The normalized spacial score (nSPS) is 11.2. The molecule has 0 saturated heterocycles. The fourth-order valence-corrected chi connectivity index (χ4v) is 7.15. The van der Waals surface area contributed by atoms with Gasteiger partial charge < -0.3 is 18.6 Å². The highest BCUT2D eigenvalue weighted by atomic mass is 16.4. The molecule has 8 aromatic carbocycles. The third-order valence-electron chi connectivity index (χ3n) is 9.95. The Bertz CT molecular complexity index is 2620. The molecule has 0 N–H and O–H groups in total. The first-order chi connectivity index (χ1) is 27.7. The Labute approximate surface area is 324 Å². The summed E-state index contributed by atoms with van der Waals surface area (Å²) in [5.74, 6) is 1.22. The Morgan fingerprint density at radius 3 is 0.893 bits per heavy atom. The fourth-order valence-electron chi connectivity index (χ4n) is 7.15. The molecular formula is C50H34N4O2. The summed E-state index contributed by atoms with van der Waals surface area (Å²) in [5, 5.41) is 0. The minimum absolute atomic E-state index is 0.612. The first-order valence-corrected chi connectivity index (χ1v) is 18.6. The number of hydrogen-bond acceptors (Lipinski definition) is 6. The second kappa shape index (κ2) is 14.3. The van der Waals surface area contributed by atoms with E-state index in [-0.39, 0.29) is 0 Å². The molecule has 0 amide bonds. The highest BCUT2D eigenvalue weighted by molar-refractivity contribution is 5.83. The second-order valence-corrected chi connectivity index (χ2v) is 13.5. The van der Waals surface area contributed by atoms with Gasteiger partial charge in [0.1, 0.15) is 11.0 Å². The van der Waals surface area contributed by atoms with Crippen LogP contribution in [0.15, 0.2) is 215 Å². The molecule has 10 rings (SSSR count). The summed E-state index contributed by atoms with van der Waals surface area (Å²) in [5.41, 5.74) is 13.7. The lowest BCUT2D eigenvalue weighted by molar-refractivity contribution is 0.619. The highest BCUT2D eigenvalue weighted by Gasteiger charge is 2.17. The van der Waals surface area contributed by atoms with Crippen molar-refractivity contribution >= 4 is 56.3 Å². The van der Waals surface area contributed by atoms with Crippen LogP contribution in [0.2, 0.25) is 0 Å². The van der Waals surface area contributed by atoms with Crippen LogP contribution in [0.5, 0.6) is 0 Å². The standard InChI is InChI=1S/C50H34N4O2/c1-3-11-39(12-4-1)53(43-31-23-37(24-32-43)49-51-45-15-7-9-17-47(45)55-49)41-27-19-35(20-28-41)36-21-29-42(30-22-36)54(40-13-5-2-6-14-40)44-33-25-38(26-34-44)50-52-46-16-8-10-18-48(46)56-50/h1-34H. The third-order valence-corrected chi connectivity index (χ3v) is 9.95. The number of aromatic nitrogens is 2. The Balaban J connectivity index is 0.925. The molecule has 0 spiro atoms. The number of nitrogens with zero attached hydrogens (tertiary/aromatic N) is 4. The molecule has 0 aliphatic carbocycles. The lowest BCUT2D eigenvalue weighted by Gasteiger charge is -2.26. The maximum absolute atomic E-state index is 6.04. The van der Waals surface area contributed by atoms with Gasteiger partial charge in [-0.2, -0.15) is 0 Å². The van der Waals surface area contributed by atoms with E-state index in [4.69, 9.17) is 8.83 Å². The van der Waals surface area contributed by atoms with Crippen molar-refractivity contribution < 1.29 is 8.83 Å². The molecule has 0 saturated carbocycles. The first kappa shape index (κ1) is 32.9. The van der Waals surface area contributed by atoms with Crippen molar-refractivity contribution in [3.05, 3.63) is 206 Å². The molecule has 0 bridgehead atoms. The predicted octanol–water partition coefficient (Wildman–Crippen LogP) is 13.9. The van der Waals surface area contributed by atoms with E-state index in [0.717, 1.165) is 78.6 Å². The van der Waals surface area contributed by atoms with Gasteiger partial charge in [0.2, 0.25) is 11.8 Å². The molecule has 10 aromatic rings. The van der Waals surface area contributed by atoms with Gasteiger partial charge >= 0.3 is 0 Å². The Morgan fingerprint density at radius 1 is 0.268 bits per heavy atom. The van der Waals surface area contributed by atoms with Gasteiger partial charge in [-0.05, 0) is 132 Å². The molecule has 6 heteroatoms. The van der Waals surface area contributed by atoms with Gasteiger partial charge in [0, 0.05) is 45.3 Å². The summed E-state index contributed by atoms with van der Waals surface area (Å²) in [6.07, 6.45) is 0. The number of anilines is 6. The minimum atomic E-state index is 0.612. The van der Waals surface area contributed by atoms with Gasteiger partial charge in [0.25, 0.3) is 0 Å². The largest absolute Gasteiger partial charge is 0.436 e. The van der Waals surface area contributed by atoms with E-state index in [1.807, 2.05) is 60.7 Å². The van der Waals surface area contributed by atoms with E-state index < -0.39 is 0 Å². The Hall–Kier alpha value is -7.70. The molecule has 266 valence electrons. The van der Waals surface area contributed by atoms with Crippen molar-refractivity contribution in [3.8, 4) is 34.0 Å². The number of hydrogen-bond donors (Lipinski definition) is 0. The summed E-state index contributed by atoms with van der Waals surface area (Å²) in [6, 6.07) is 70.7. The van der Waals surface area contributed by atoms with Crippen LogP contribution in [0.1, 0.15) is 0 Å². The molecule has 2 heterocycles. The molecule has 2 aromatic heterocycles. The van der Waals surface area contributed by atoms with Gasteiger partial charge in [-0.1, -0.05) is 84.9 Å². The summed E-state index contributed by atoms with van der Waals surface area (Å²) in [7, 11) is 0. The molecule has 56 heavy (non-hydrogen) atoms. The molecule has 0 aliphatic rings. The van der Waals surface area contributed by atoms with Gasteiger partial charge in [0.15, 0.2) is 11.2 Å². The number of benzene rings is 8. The maximum atomic E-state index is 6.04. The molecule has 0 radical (unpaired) electrons. The highest BCUT2D eigenvalue weighted by Crippen LogP contribution is 2.39. The summed E-state index contributed by atoms with van der Waals surface area (Å²) >= 11 is 0. The average molecular weight is 723 g/mol. The van der Waals surface area contributed by atoms with Gasteiger partial charge in [-0.25, -0.2) is 9.97 Å². The lowest BCUT2D eigenvalue weighted by Crippen LogP contribution is -2.10.